The summed E-state index contributed by atoms with van der Waals surface area (Å²) < 4.78 is 14.7. The third-order valence-electron chi connectivity index (χ3n) is 3.63. The standard InChI is InChI=1S/C17H18FN3O3/c1-9(2)21-8-12(16(19)23)15(22)13(14(21)17(24)20-3)10-4-6-11(18)7-5-10/h4-9H,1-3H3,(H2,19,23)(H,20,24). The molecule has 0 spiro atoms. The molecule has 0 radical (unpaired) electrons. The van der Waals surface area contributed by atoms with E-state index in [0.29, 0.717) is 5.56 Å². The van der Waals surface area contributed by atoms with Gasteiger partial charge in [0.1, 0.15) is 17.1 Å². The molecule has 0 bridgehead atoms. The largest absolute Gasteiger partial charge is 0.365 e. The van der Waals surface area contributed by atoms with E-state index in [-0.39, 0.29) is 22.9 Å². The van der Waals surface area contributed by atoms with Crippen molar-refractivity contribution in [2.24, 2.45) is 5.73 Å². The summed E-state index contributed by atoms with van der Waals surface area (Å²) >= 11 is 0. The van der Waals surface area contributed by atoms with Crippen molar-refractivity contribution < 1.29 is 14.0 Å². The smallest absolute Gasteiger partial charge is 0.268 e. The van der Waals surface area contributed by atoms with Gasteiger partial charge in [-0.1, -0.05) is 12.1 Å². The molecule has 1 aromatic heterocycles. The number of carbonyl (C=O) groups is 2. The molecule has 2 aromatic rings. The Morgan fingerprint density at radius 1 is 1.21 bits per heavy atom. The predicted molar refractivity (Wildman–Crippen MR) is 88.4 cm³/mol. The lowest BCUT2D eigenvalue weighted by Gasteiger charge is -2.20. The van der Waals surface area contributed by atoms with Gasteiger partial charge in [0.15, 0.2) is 0 Å². The number of pyridine rings is 1. The molecule has 0 aliphatic carbocycles. The van der Waals surface area contributed by atoms with E-state index in [1.165, 1.54) is 42.1 Å². The van der Waals surface area contributed by atoms with Gasteiger partial charge in [-0.2, -0.15) is 0 Å². The third-order valence-corrected chi connectivity index (χ3v) is 3.63. The lowest BCUT2D eigenvalue weighted by molar-refractivity contribution is 0.0947. The number of aromatic nitrogens is 1. The predicted octanol–water partition coefficient (Wildman–Crippen LogP) is 1.69. The highest BCUT2D eigenvalue weighted by molar-refractivity contribution is 6.01. The van der Waals surface area contributed by atoms with E-state index < -0.39 is 23.1 Å². The van der Waals surface area contributed by atoms with Gasteiger partial charge in [-0.3, -0.25) is 14.4 Å². The molecule has 0 fully saturated rings. The molecule has 2 amide bonds. The van der Waals surface area contributed by atoms with E-state index in [9.17, 15) is 18.8 Å². The first-order chi connectivity index (χ1) is 11.3. The van der Waals surface area contributed by atoms with Crippen molar-refractivity contribution in [3.63, 3.8) is 0 Å². The van der Waals surface area contributed by atoms with Gasteiger partial charge < -0.3 is 15.6 Å². The summed E-state index contributed by atoms with van der Waals surface area (Å²) in [5.74, 6) is -1.85. The molecule has 0 aliphatic rings. The van der Waals surface area contributed by atoms with Crippen molar-refractivity contribution >= 4 is 11.8 Å². The summed E-state index contributed by atoms with van der Waals surface area (Å²) in [6, 6.07) is 4.91. The SMILES string of the molecule is CNC(=O)c1c(-c2ccc(F)cc2)c(=O)c(C(N)=O)cn1C(C)C. The summed E-state index contributed by atoms with van der Waals surface area (Å²) in [5, 5.41) is 2.49. The van der Waals surface area contributed by atoms with Crippen LogP contribution in [0.2, 0.25) is 0 Å². The van der Waals surface area contributed by atoms with Gasteiger partial charge >= 0.3 is 0 Å². The Kier molecular flexibility index (Phi) is 4.82. The number of benzene rings is 1. The molecule has 1 aromatic carbocycles. The number of nitrogens with two attached hydrogens (primary N) is 1. The number of amides is 2. The maximum Gasteiger partial charge on any atom is 0.268 e. The molecule has 24 heavy (non-hydrogen) atoms. The number of rotatable bonds is 4. The van der Waals surface area contributed by atoms with Crippen LogP contribution in [-0.4, -0.2) is 23.4 Å². The molecule has 7 heteroatoms. The zero-order valence-corrected chi connectivity index (χ0v) is 13.6. The zero-order valence-electron chi connectivity index (χ0n) is 13.6. The van der Waals surface area contributed by atoms with E-state index >= 15 is 0 Å². The maximum atomic E-state index is 13.2. The highest BCUT2D eigenvalue weighted by Gasteiger charge is 2.24. The second kappa shape index (κ2) is 6.66. The Morgan fingerprint density at radius 3 is 2.25 bits per heavy atom. The van der Waals surface area contributed by atoms with E-state index in [1.54, 1.807) is 13.8 Å². The van der Waals surface area contributed by atoms with Crippen LogP contribution in [0.5, 0.6) is 0 Å². The average Bonchev–Trinajstić information content (AvgIpc) is 2.54. The fourth-order valence-electron chi connectivity index (χ4n) is 2.45. The number of hydrogen-bond donors (Lipinski definition) is 2. The van der Waals surface area contributed by atoms with E-state index in [1.807, 2.05) is 0 Å². The highest BCUT2D eigenvalue weighted by atomic mass is 19.1. The van der Waals surface area contributed by atoms with Crippen molar-refractivity contribution in [1.29, 1.82) is 0 Å². The lowest BCUT2D eigenvalue weighted by Crippen LogP contribution is -2.32. The fourth-order valence-corrected chi connectivity index (χ4v) is 2.45. The highest BCUT2D eigenvalue weighted by Crippen LogP contribution is 2.24. The molecule has 6 nitrogen and oxygen atoms in total. The Hall–Kier alpha value is -2.96. The van der Waals surface area contributed by atoms with Crippen LogP contribution in [-0.2, 0) is 0 Å². The van der Waals surface area contributed by atoms with E-state index in [2.05, 4.69) is 5.32 Å². The van der Waals surface area contributed by atoms with Crippen LogP contribution in [0.1, 0.15) is 40.7 Å². The van der Waals surface area contributed by atoms with Crippen LogP contribution in [0, 0.1) is 5.82 Å². The first kappa shape index (κ1) is 17.4. The van der Waals surface area contributed by atoms with Gasteiger partial charge in [0.25, 0.3) is 11.8 Å². The molecule has 0 saturated carbocycles. The van der Waals surface area contributed by atoms with Crippen LogP contribution < -0.4 is 16.5 Å². The monoisotopic (exact) mass is 331 g/mol. The van der Waals surface area contributed by atoms with E-state index in [0.717, 1.165) is 0 Å². The summed E-state index contributed by atoms with van der Waals surface area (Å²) in [7, 11) is 1.44. The van der Waals surface area contributed by atoms with Crippen molar-refractivity contribution in [3.8, 4) is 11.1 Å². The van der Waals surface area contributed by atoms with Crippen LogP contribution in [0.4, 0.5) is 4.39 Å². The molecular weight excluding hydrogens is 313 g/mol. The molecule has 3 N–H and O–H groups in total. The Balaban J connectivity index is 2.97. The molecule has 0 aliphatic heterocycles. The molecule has 126 valence electrons. The molecule has 0 unspecified atom stereocenters. The minimum Gasteiger partial charge on any atom is -0.365 e. The van der Waals surface area contributed by atoms with Gasteiger partial charge in [0.05, 0.1) is 5.56 Å². The first-order valence-corrected chi connectivity index (χ1v) is 7.34. The van der Waals surface area contributed by atoms with Crippen LogP contribution in [0.3, 0.4) is 0 Å². The zero-order chi connectivity index (χ0) is 18.0. The number of primary amides is 1. The topological polar surface area (TPSA) is 94.2 Å². The quantitative estimate of drug-likeness (QED) is 0.892. The number of carbonyl (C=O) groups excluding carboxylic acids is 2. The maximum absolute atomic E-state index is 13.2. The van der Waals surface area contributed by atoms with E-state index in [4.69, 9.17) is 5.73 Å². The molecule has 0 atom stereocenters. The number of nitrogens with zero attached hydrogens (tertiary/aromatic N) is 1. The average molecular weight is 331 g/mol. The normalized spacial score (nSPS) is 10.7. The van der Waals surface area contributed by atoms with Crippen molar-refractivity contribution in [2.75, 3.05) is 7.05 Å². The molecular formula is C17H18FN3O3. The number of hydrogen-bond acceptors (Lipinski definition) is 3. The van der Waals surface area contributed by atoms with Crippen LogP contribution >= 0.6 is 0 Å². The minimum absolute atomic E-state index is 0.0133. The van der Waals surface area contributed by atoms with Gasteiger partial charge in [-0.25, -0.2) is 4.39 Å². The van der Waals surface area contributed by atoms with Gasteiger partial charge in [-0.15, -0.1) is 0 Å². The van der Waals surface area contributed by atoms with Crippen molar-refractivity contribution in [2.45, 2.75) is 19.9 Å². The van der Waals surface area contributed by atoms with Gasteiger partial charge in [0, 0.05) is 19.3 Å². The van der Waals surface area contributed by atoms with Crippen LogP contribution in [0.15, 0.2) is 35.3 Å². The molecule has 0 saturated heterocycles. The molecule has 1 heterocycles. The lowest BCUT2D eigenvalue weighted by atomic mass is 9.99. The third kappa shape index (κ3) is 3.05. The second-order valence-electron chi connectivity index (χ2n) is 5.55. The first-order valence-electron chi connectivity index (χ1n) is 7.34. The van der Waals surface area contributed by atoms with Gasteiger partial charge in [0.2, 0.25) is 5.43 Å². The Morgan fingerprint density at radius 2 is 1.79 bits per heavy atom. The van der Waals surface area contributed by atoms with Crippen molar-refractivity contribution in [1.82, 2.24) is 9.88 Å². The van der Waals surface area contributed by atoms with Crippen LogP contribution in [0.25, 0.3) is 11.1 Å². The second-order valence-corrected chi connectivity index (χ2v) is 5.55. The van der Waals surface area contributed by atoms with Crippen molar-refractivity contribution in [3.05, 3.63) is 57.8 Å². The minimum atomic E-state index is -0.888. The number of nitrogens with one attached hydrogen (secondary N) is 1. The number of halogens is 1. The summed E-state index contributed by atoms with van der Waals surface area (Å²) in [6.45, 7) is 3.60. The summed E-state index contributed by atoms with van der Waals surface area (Å²) in [4.78, 5) is 36.7. The Bertz CT molecular complexity index is 855. The Labute approximate surface area is 138 Å². The summed E-state index contributed by atoms with van der Waals surface area (Å²) in [5.41, 5.74) is 4.85. The summed E-state index contributed by atoms with van der Waals surface area (Å²) in [6.07, 6.45) is 1.28. The fraction of sp³-hybridized carbons (Fsp3) is 0.235. The molecule has 2 rings (SSSR count). The van der Waals surface area contributed by atoms with Gasteiger partial charge in [-0.05, 0) is 31.5 Å².